The Bertz CT molecular complexity index is 810. The lowest BCUT2D eigenvalue weighted by atomic mass is 9.94. The fraction of sp³-hybridized carbons (Fsp3) is 0.455. The molecule has 0 saturated heterocycles. The third kappa shape index (κ3) is 4.41. The summed E-state index contributed by atoms with van der Waals surface area (Å²) >= 11 is 1.54. The summed E-state index contributed by atoms with van der Waals surface area (Å²) in [7, 11) is 0. The molecule has 1 N–H and O–H groups in total. The molecule has 3 rings (SSSR count). The quantitative estimate of drug-likeness (QED) is 0.684. The van der Waals surface area contributed by atoms with Crippen molar-refractivity contribution in [2.24, 2.45) is 0 Å². The first kappa shape index (κ1) is 19.6. The number of anilines is 1. The molecule has 0 radical (unpaired) electrons. The van der Waals surface area contributed by atoms with Crippen molar-refractivity contribution in [2.45, 2.75) is 64.9 Å². The van der Waals surface area contributed by atoms with Gasteiger partial charge in [-0.3, -0.25) is 4.79 Å². The molecule has 144 valence electrons. The highest BCUT2D eigenvalue weighted by Crippen LogP contribution is 2.39. The van der Waals surface area contributed by atoms with Gasteiger partial charge in [0.1, 0.15) is 5.00 Å². The van der Waals surface area contributed by atoms with Crippen molar-refractivity contribution in [3.8, 4) is 0 Å². The van der Waals surface area contributed by atoms with E-state index in [1.54, 1.807) is 0 Å². The third-order valence-electron chi connectivity index (χ3n) is 4.88. The monoisotopic (exact) mass is 385 g/mol. The van der Waals surface area contributed by atoms with Crippen LogP contribution in [0, 0.1) is 0 Å². The summed E-state index contributed by atoms with van der Waals surface area (Å²) in [6.07, 6.45) is 4.55. The van der Waals surface area contributed by atoms with Crippen molar-refractivity contribution in [3.05, 3.63) is 51.9 Å². The zero-order valence-electron chi connectivity index (χ0n) is 16.2. The number of rotatable bonds is 6. The number of hydrogen-bond donors (Lipinski definition) is 1. The van der Waals surface area contributed by atoms with Crippen LogP contribution in [0.15, 0.2) is 30.3 Å². The molecule has 1 aliphatic carbocycles. The lowest BCUT2D eigenvalue weighted by Gasteiger charge is -2.16. The molecule has 0 fully saturated rings. The zero-order chi connectivity index (χ0) is 19.4. The first-order valence-electron chi connectivity index (χ1n) is 9.72. The van der Waals surface area contributed by atoms with Gasteiger partial charge in [0.15, 0.2) is 0 Å². The number of hydrogen-bond acceptors (Lipinski definition) is 4. The Labute approximate surface area is 164 Å². The predicted molar refractivity (Wildman–Crippen MR) is 110 cm³/mol. The molecule has 0 saturated carbocycles. The molecule has 5 heteroatoms. The summed E-state index contributed by atoms with van der Waals surface area (Å²) in [4.78, 5) is 26.9. The number of benzene rings is 1. The van der Waals surface area contributed by atoms with Crippen LogP contribution in [0.4, 0.5) is 5.00 Å². The topological polar surface area (TPSA) is 55.4 Å². The Morgan fingerprint density at radius 1 is 1.15 bits per heavy atom. The average Bonchev–Trinajstić information content (AvgIpc) is 3.00. The third-order valence-corrected chi connectivity index (χ3v) is 6.09. The van der Waals surface area contributed by atoms with Gasteiger partial charge < -0.3 is 10.1 Å². The number of aryl methyl sites for hydroxylation is 1. The van der Waals surface area contributed by atoms with E-state index < -0.39 is 0 Å². The van der Waals surface area contributed by atoms with Crippen LogP contribution in [-0.2, 0) is 22.4 Å². The molecule has 1 aliphatic rings. The maximum Gasteiger partial charge on any atom is 0.341 e. The minimum atomic E-state index is -0.326. The van der Waals surface area contributed by atoms with Gasteiger partial charge >= 0.3 is 5.97 Å². The lowest BCUT2D eigenvalue weighted by Crippen LogP contribution is -2.22. The molecule has 1 amide bonds. The summed E-state index contributed by atoms with van der Waals surface area (Å²) in [5.74, 6) is -0.632. The fourth-order valence-corrected chi connectivity index (χ4v) is 4.88. The molecule has 1 heterocycles. The Morgan fingerprint density at radius 2 is 1.85 bits per heavy atom. The molecular formula is C22H27NO3S. The van der Waals surface area contributed by atoms with Gasteiger partial charge in [-0.05, 0) is 57.1 Å². The minimum absolute atomic E-state index is 0.0686. The predicted octanol–water partition coefficient (Wildman–Crippen LogP) is 5.32. The Kier molecular flexibility index (Phi) is 6.32. The number of fused-ring (bicyclic) bond motifs is 1. The number of thiophene rings is 1. The number of esters is 1. The van der Waals surface area contributed by atoms with Crippen LogP contribution >= 0.6 is 11.3 Å². The van der Waals surface area contributed by atoms with E-state index in [0.29, 0.717) is 17.0 Å². The molecule has 1 atom stereocenters. The largest absolute Gasteiger partial charge is 0.459 e. The van der Waals surface area contributed by atoms with E-state index in [2.05, 4.69) is 5.32 Å². The molecule has 1 aromatic heterocycles. The highest BCUT2D eigenvalue weighted by atomic mass is 32.1. The van der Waals surface area contributed by atoms with Crippen molar-refractivity contribution in [1.82, 2.24) is 0 Å². The van der Waals surface area contributed by atoms with Crippen LogP contribution in [0.5, 0.6) is 0 Å². The lowest BCUT2D eigenvalue weighted by molar-refractivity contribution is -0.117. The second-order valence-electron chi connectivity index (χ2n) is 7.23. The van der Waals surface area contributed by atoms with Crippen LogP contribution in [0.2, 0.25) is 0 Å². The highest BCUT2D eigenvalue weighted by Gasteiger charge is 2.29. The first-order valence-corrected chi connectivity index (χ1v) is 10.5. The molecule has 0 bridgehead atoms. The van der Waals surface area contributed by atoms with E-state index in [0.717, 1.165) is 36.8 Å². The van der Waals surface area contributed by atoms with Crippen LogP contribution in [0.1, 0.15) is 72.3 Å². The molecule has 4 nitrogen and oxygen atoms in total. The van der Waals surface area contributed by atoms with Crippen LogP contribution in [-0.4, -0.2) is 18.0 Å². The highest BCUT2D eigenvalue weighted by molar-refractivity contribution is 7.17. The first-order chi connectivity index (χ1) is 13.0. The van der Waals surface area contributed by atoms with E-state index in [-0.39, 0.29) is 23.9 Å². The van der Waals surface area contributed by atoms with Crippen LogP contribution < -0.4 is 5.32 Å². The van der Waals surface area contributed by atoms with E-state index in [1.165, 1.54) is 16.2 Å². The zero-order valence-corrected chi connectivity index (χ0v) is 17.0. The Balaban J connectivity index is 1.90. The van der Waals surface area contributed by atoms with Crippen molar-refractivity contribution < 1.29 is 14.3 Å². The van der Waals surface area contributed by atoms with E-state index >= 15 is 0 Å². The smallest absolute Gasteiger partial charge is 0.341 e. The maximum atomic E-state index is 13.0. The van der Waals surface area contributed by atoms with Crippen molar-refractivity contribution in [2.75, 3.05) is 5.32 Å². The second-order valence-corrected chi connectivity index (χ2v) is 8.34. The van der Waals surface area contributed by atoms with E-state index in [9.17, 15) is 9.59 Å². The second kappa shape index (κ2) is 8.70. The SMILES string of the molecule is CCC(C(=O)Nc1sc2c(c1C(=O)OC(C)C)CCCC2)c1ccccc1. The Morgan fingerprint density at radius 3 is 2.52 bits per heavy atom. The summed E-state index contributed by atoms with van der Waals surface area (Å²) in [6.45, 7) is 5.69. The van der Waals surface area contributed by atoms with Crippen LogP contribution in [0.25, 0.3) is 0 Å². The number of nitrogens with one attached hydrogen (secondary N) is 1. The summed E-state index contributed by atoms with van der Waals surface area (Å²) < 4.78 is 5.47. The van der Waals surface area contributed by atoms with Crippen molar-refractivity contribution in [1.29, 1.82) is 0 Å². The van der Waals surface area contributed by atoms with Gasteiger partial charge in [-0.25, -0.2) is 4.79 Å². The van der Waals surface area contributed by atoms with E-state index in [1.807, 2.05) is 51.1 Å². The fourth-order valence-electron chi connectivity index (χ4n) is 3.60. The maximum absolute atomic E-state index is 13.0. The average molecular weight is 386 g/mol. The number of ether oxygens (including phenoxy) is 1. The van der Waals surface area contributed by atoms with Gasteiger partial charge in [0.2, 0.25) is 5.91 Å². The molecule has 1 aromatic carbocycles. The molecule has 27 heavy (non-hydrogen) atoms. The summed E-state index contributed by atoms with van der Waals surface area (Å²) in [6, 6.07) is 9.78. The van der Waals surface area contributed by atoms with Crippen molar-refractivity contribution >= 4 is 28.2 Å². The van der Waals surface area contributed by atoms with Gasteiger partial charge in [0.05, 0.1) is 17.6 Å². The molecule has 0 aliphatic heterocycles. The summed E-state index contributed by atoms with van der Waals surface area (Å²) in [5.41, 5.74) is 2.63. The summed E-state index contributed by atoms with van der Waals surface area (Å²) in [5, 5.41) is 3.70. The van der Waals surface area contributed by atoms with Crippen LogP contribution in [0.3, 0.4) is 0 Å². The number of carbonyl (C=O) groups is 2. The van der Waals surface area contributed by atoms with E-state index in [4.69, 9.17) is 4.74 Å². The van der Waals surface area contributed by atoms with Crippen molar-refractivity contribution in [3.63, 3.8) is 0 Å². The molecular weight excluding hydrogens is 358 g/mol. The molecule has 0 spiro atoms. The molecule has 2 aromatic rings. The number of amides is 1. The van der Waals surface area contributed by atoms with Gasteiger partial charge in [-0.2, -0.15) is 0 Å². The van der Waals surface area contributed by atoms with Gasteiger partial charge in [-0.1, -0.05) is 37.3 Å². The normalized spacial score (nSPS) is 14.5. The number of carbonyl (C=O) groups excluding carboxylic acids is 2. The Hall–Kier alpha value is -2.14. The van der Waals surface area contributed by atoms with Gasteiger partial charge in [-0.15, -0.1) is 11.3 Å². The standard InChI is InChI=1S/C22H27NO3S/c1-4-16(15-10-6-5-7-11-15)20(24)23-21-19(22(25)26-14(2)3)17-12-8-9-13-18(17)27-21/h5-7,10-11,14,16H,4,8-9,12-13H2,1-3H3,(H,23,24). The van der Waals surface area contributed by atoms with Gasteiger partial charge in [0, 0.05) is 4.88 Å². The minimum Gasteiger partial charge on any atom is -0.459 e. The molecule has 1 unspecified atom stereocenters. The van der Waals surface area contributed by atoms with Gasteiger partial charge in [0.25, 0.3) is 0 Å².